The number of piperidine rings is 1. The van der Waals surface area contributed by atoms with Crippen molar-refractivity contribution >= 4 is 23.4 Å². The Morgan fingerprint density at radius 3 is 2.59 bits per heavy atom. The molecular formula is C25H33ClN4O4. The van der Waals surface area contributed by atoms with Gasteiger partial charge in [-0.15, -0.1) is 0 Å². The van der Waals surface area contributed by atoms with Crippen molar-refractivity contribution in [2.45, 2.75) is 33.1 Å². The lowest BCUT2D eigenvalue weighted by molar-refractivity contribution is -0.137. The Morgan fingerprint density at radius 2 is 1.91 bits per heavy atom. The van der Waals surface area contributed by atoms with Crippen LogP contribution in [-0.4, -0.2) is 84.6 Å². The second-order valence-corrected chi connectivity index (χ2v) is 10.1. The van der Waals surface area contributed by atoms with Crippen LogP contribution in [0, 0.1) is 19.3 Å². The molecule has 1 aromatic heterocycles. The first-order valence-corrected chi connectivity index (χ1v) is 12.2. The first-order chi connectivity index (χ1) is 16.3. The van der Waals surface area contributed by atoms with Crippen LogP contribution in [0.2, 0.25) is 5.02 Å². The molecule has 8 nitrogen and oxygen atoms in total. The quantitative estimate of drug-likeness (QED) is 0.620. The van der Waals surface area contributed by atoms with E-state index in [9.17, 15) is 9.59 Å². The molecule has 0 aliphatic carbocycles. The number of carbonyl (C=O) groups is 2. The predicted molar refractivity (Wildman–Crippen MR) is 129 cm³/mol. The van der Waals surface area contributed by atoms with Crippen molar-refractivity contribution < 1.29 is 18.8 Å². The average molecular weight is 489 g/mol. The number of carbonyl (C=O) groups excluding carboxylic acids is 2. The standard InChI is InChI=1S/C25H33ClN4O4/c1-18-23(19(2)34-27-18)24(32)30-9-5-8-25(16-30,17-33-21-7-4-6-20(26)14-21)15-22(31)29-12-10-28(3)11-13-29/h4,6-7,14H,5,8-13,15-17H2,1-3H3. The van der Waals surface area contributed by atoms with Gasteiger partial charge in [-0.3, -0.25) is 9.59 Å². The van der Waals surface area contributed by atoms with Crippen LogP contribution < -0.4 is 4.74 Å². The van der Waals surface area contributed by atoms with Gasteiger partial charge in [0.25, 0.3) is 5.91 Å². The fraction of sp³-hybridized carbons (Fsp3) is 0.560. The molecule has 9 heteroatoms. The van der Waals surface area contributed by atoms with Crippen molar-refractivity contribution in [2.24, 2.45) is 5.41 Å². The number of aromatic nitrogens is 1. The van der Waals surface area contributed by atoms with Gasteiger partial charge in [0.15, 0.2) is 0 Å². The summed E-state index contributed by atoms with van der Waals surface area (Å²) in [6.45, 7) is 8.12. The van der Waals surface area contributed by atoms with E-state index in [2.05, 4.69) is 17.1 Å². The highest BCUT2D eigenvalue weighted by atomic mass is 35.5. The number of ether oxygens (including phenoxy) is 1. The number of likely N-dealkylation sites (N-methyl/N-ethyl adjacent to an activating group) is 1. The van der Waals surface area contributed by atoms with E-state index < -0.39 is 5.41 Å². The van der Waals surface area contributed by atoms with E-state index in [0.29, 0.717) is 53.9 Å². The second-order valence-electron chi connectivity index (χ2n) is 9.64. The highest BCUT2D eigenvalue weighted by Crippen LogP contribution is 2.36. The molecule has 34 heavy (non-hydrogen) atoms. The predicted octanol–water partition coefficient (Wildman–Crippen LogP) is 3.41. The zero-order valence-electron chi connectivity index (χ0n) is 20.2. The number of piperazine rings is 1. The van der Waals surface area contributed by atoms with Crippen molar-refractivity contribution in [1.29, 1.82) is 0 Å². The number of likely N-dealkylation sites (tertiary alicyclic amines) is 1. The first-order valence-electron chi connectivity index (χ1n) is 11.8. The van der Waals surface area contributed by atoms with Crippen molar-refractivity contribution in [3.63, 3.8) is 0 Å². The molecule has 2 amide bonds. The number of aryl methyl sites for hydroxylation is 2. The van der Waals surface area contributed by atoms with Gasteiger partial charge in [-0.25, -0.2) is 0 Å². The molecule has 0 radical (unpaired) electrons. The molecule has 0 N–H and O–H groups in total. The summed E-state index contributed by atoms with van der Waals surface area (Å²) >= 11 is 6.14. The maximum atomic E-state index is 13.4. The van der Waals surface area contributed by atoms with E-state index >= 15 is 0 Å². The molecule has 1 unspecified atom stereocenters. The Balaban J connectivity index is 1.54. The Bertz CT molecular complexity index is 1010. The number of rotatable bonds is 6. The molecule has 2 aliphatic rings. The van der Waals surface area contributed by atoms with Crippen LogP contribution in [0.5, 0.6) is 5.75 Å². The van der Waals surface area contributed by atoms with Gasteiger partial charge in [-0.05, 0) is 51.9 Å². The summed E-state index contributed by atoms with van der Waals surface area (Å²) in [5, 5.41) is 4.54. The summed E-state index contributed by atoms with van der Waals surface area (Å²) in [6, 6.07) is 7.27. The van der Waals surface area contributed by atoms with Gasteiger partial charge in [-0.1, -0.05) is 22.8 Å². The first kappa shape index (κ1) is 24.5. The van der Waals surface area contributed by atoms with E-state index in [1.807, 2.05) is 21.9 Å². The monoisotopic (exact) mass is 488 g/mol. The molecule has 2 aliphatic heterocycles. The van der Waals surface area contributed by atoms with E-state index in [0.717, 1.165) is 39.0 Å². The van der Waals surface area contributed by atoms with Gasteiger partial charge in [0, 0.05) is 56.1 Å². The molecule has 2 fully saturated rings. The normalized spacial score (nSPS) is 21.5. The maximum Gasteiger partial charge on any atom is 0.259 e. The summed E-state index contributed by atoms with van der Waals surface area (Å²) in [5.74, 6) is 1.19. The van der Waals surface area contributed by atoms with Gasteiger partial charge >= 0.3 is 0 Å². The van der Waals surface area contributed by atoms with Crippen LogP contribution in [0.1, 0.15) is 41.1 Å². The third kappa shape index (κ3) is 5.55. The van der Waals surface area contributed by atoms with E-state index in [1.54, 1.807) is 26.0 Å². The smallest absolute Gasteiger partial charge is 0.259 e. The molecule has 3 heterocycles. The molecule has 0 saturated carbocycles. The number of amides is 2. The molecular weight excluding hydrogens is 456 g/mol. The maximum absolute atomic E-state index is 13.4. The van der Waals surface area contributed by atoms with E-state index in [4.69, 9.17) is 20.9 Å². The lowest BCUT2D eigenvalue weighted by atomic mass is 9.77. The van der Waals surface area contributed by atoms with Crippen LogP contribution in [0.15, 0.2) is 28.8 Å². The molecule has 4 rings (SSSR count). The second kappa shape index (κ2) is 10.4. The molecule has 1 atom stereocenters. The third-order valence-electron chi connectivity index (χ3n) is 6.92. The van der Waals surface area contributed by atoms with Gasteiger partial charge in [0.1, 0.15) is 17.1 Å². The highest BCUT2D eigenvalue weighted by Gasteiger charge is 2.42. The van der Waals surface area contributed by atoms with Gasteiger partial charge in [0.05, 0.1) is 12.3 Å². The fourth-order valence-corrected chi connectivity index (χ4v) is 5.10. The minimum Gasteiger partial charge on any atom is -0.493 e. The van der Waals surface area contributed by atoms with Gasteiger partial charge < -0.3 is 24.0 Å². The van der Waals surface area contributed by atoms with Crippen LogP contribution >= 0.6 is 11.6 Å². The zero-order chi connectivity index (χ0) is 24.3. The minimum absolute atomic E-state index is 0.102. The number of benzene rings is 1. The lowest BCUT2D eigenvalue weighted by Gasteiger charge is -2.43. The third-order valence-corrected chi connectivity index (χ3v) is 7.15. The number of hydrogen-bond donors (Lipinski definition) is 0. The molecule has 1 aromatic carbocycles. The Morgan fingerprint density at radius 1 is 1.15 bits per heavy atom. The summed E-state index contributed by atoms with van der Waals surface area (Å²) in [7, 11) is 2.07. The fourth-order valence-electron chi connectivity index (χ4n) is 4.92. The number of nitrogens with zero attached hydrogens (tertiary/aromatic N) is 4. The van der Waals surface area contributed by atoms with Crippen molar-refractivity contribution in [3.05, 3.63) is 46.3 Å². The minimum atomic E-state index is -0.490. The summed E-state index contributed by atoms with van der Waals surface area (Å²) in [5.41, 5.74) is 0.606. The topological polar surface area (TPSA) is 79.1 Å². The molecule has 2 aromatic rings. The highest BCUT2D eigenvalue weighted by molar-refractivity contribution is 6.30. The Kier molecular flexibility index (Phi) is 7.48. The van der Waals surface area contributed by atoms with Crippen LogP contribution in [0.25, 0.3) is 0 Å². The van der Waals surface area contributed by atoms with Crippen LogP contribution in [0.4, 0.5) is 0 Å². The largest absolute Gasteiger partial charge is 0.493 e. The van der Waals surface area contributed by atoms with Crippen molar-refractivity contribution in [1.82, 2.24) is 19.9 Å². The zero-order valence-corrected chi connectivity index (χ0v) is 20.9. The summed E-state index contributed by atoms with van der Waals surface area (Å²) in [6.07, 6.45) is 1.94. The Labute approximate surface area is 205 Å². The average Bonchev–Trinajstić information content (AvgIpc) is 3.15. The summed E-state index contributed by atoms with van der Waals surface area (Å²) < 4.78 is 11.4. The molecule has 0 spiro atoms. The molecule has 0 bridgehead atoms. The summed E-state index contributed by atoms with van der Waals surface area (Å²) in [4.78, 5) is 32.8. The number of halogens is 1. The Hall–Kier alpha value is -2.58. The van der Waals surface area contributed by atoms with Crippen molar-refractivity contribution in [2.75, 3.05) is 52.9 Å². The molecule has 2 saturated heterocycles. The van der Waals surface area contributed by atoms with E-state index in [1.165, 1.54) is 0 Å². The van der Waals surface area contributed by atoms with Gasteiger partial charge in [0.2, 0.25) is 5.91 Å². The van der Waals surface area contributed by atoms with Crippen LogP contribution in [0.3, 0.4) is 0 Å². The number of hydrogen-bond acceptors (Lipinski definition) is 6. The molecule has 184 valence electrons. The lowest BCUT2D eigenvalue weighted by Crippen LogP contribution is -2.53. The van der Waals surface area contributed by atoms with Crippen molar-refractivity contribution in [3.8, 4) is 5.75 Å². The van der Waals surface area contributed by atoms with Crippen LogP contribution in [-0.2, 0) is 4.79 Å². The van der Waals surface area contributed by atoms with Gasteiger partial charge in [-0.2, -0.15) is 0 Å². The SMILES string of the molecule is Cc1noc(C)c1C(=O)N1CCCC(COc2cccc(Cl)c2)(CC(=O)N2CCN(C)CC2)C1. The van der Waals surface area contributed by atoms with E-state index in [-0.39, 0.29) is 11.8 Å².